The molecule has 0 bridgehead atoms. The largest absolute Gasteiger partial charge is 0.493 e. The maximum atomic E-state index is 12.5. The highest BCUT2D eigenvalue weighted by Gasteiger charge is 2.14. The van der Waals surface area contributed by atoms with E-state index < -0.39 is 0 Å². The predicted molar refractivity (Wildman–Crippen MR) is 109 cm³/mol. The minimum atomic E-state index is -0.298. The quantitative estimate of drug-likeness (QED) is 0.506. The van der Waals surface area contributed by atoms with Crippen molar-refractivity contribution in [3.05, 3.63) is 58.1 Å². The molecule has 0 aromatic heterocycles. The van der Waals surface area contributed by atoms with Gasteiger partial charge in [0.15, 0.2) is 5.11 Å². The van der Waals surface area contributed by atoms with E-state index in [0.29, 0.717) is 17.9 Å². The van der Waals surface area contributed by atoms with Crippen LogP contribution in [-0.4, -0.2) is 17.6 Å². The number of halogens is 1. The summed E-state index contributed by atoms with van der Waals surface area (Å²) in [5.41, 5.74) is 2.39. The molecule has 0 aliphatic heterocycles. The van der Waals surface area contributed by atoms with E-state index in [9.17, 15) is 4.79 Å². The molecule has 0 atom stereocenters. The molecule has 0 saturated heterocycles. The molecule has 4 nitrogen and oxygen atoms in total. The second kappa shape index (κ2) is 9.53. The van der Waals surface area contributed by atoms with Crippen molar-refractivity contribution in [1.82, 2.24) is 5.32 Å². The Morgan fingerprint density at radius 3 is 2.72 bits per heavy atom. The van der Waals surface area contributed by atoms with Gasteiger partial charge >= 0.3 is 0 Å². The average molecular weight is 421 g/mol. The third-order valence-electron chi connectivity index (χ3n) is 3.49. The first-order chi connectivity index (χ1) is 12.0. The molecule has 2 N–H and O–H groups in total. The number of thiocarbonyl (C=S) groups is 1. The molecule has 0 radical (unpaired) electrons. The third kappa shape index (κ3) is 5.83. The fourth-order valence-electron chi connectivity index (χ4n) is 2.15. The van der Waals surface area contributed by atoms with E-state index in [1.165, 1.54) is 0 Å². The highest BCUT2D eigenvalue weighted by molar-refractivity contribution is 9.10. The minimum Gasteiger partial charge on any atom is -0.493 e. The summed E-state index contributed by atoms with van der Waals surface area (Å²) in [6, 6.07) is 13.0. The van der Waals surface area contributed by atoms with Crippen LogP contribution in [0, 0.1) is 6.92 Å². The van der Waals surface area contributed by atoms with Crippen molar-refractivity contribution < 1.29 is 9.53 Å². The van der Waals surface area contributed by atoms with Crippen LogP contribution in [0.25, 0.3) is 0 Å². The van der Waals surface area contributed by atoms with Gasteiger partial charge in [0, 0.05) is 4.47 Å². The van der Waals surface area contributed by atoms with E-state index in [0.717, 1.165) is 28.6 Å². The minimum absolute atomic E-state index is 0.234. The SMILES string of the molecule is CCCCOc1ccccc1C(=O)NC(=S)Nc1ccc(C)cc1Br. The monoisotopic (exact) mass is 420 g/mol. The first-order valence-electron chi connectivity index (χ1n) is 8.11. The fraction of sp³-hybridized carbons (Fsp3) is 0.263. The molecule has 1 amide bonds. The summed E-state index contributed by atoms with van der Waals surface area (Å²) in [6.07, 6.45) is 1.98. The Morgan fingerprint density at radius 1 is 1.24 bits per heavy atom. The Kier molecular flexibility index (Phi) is 7.40. The molecule has 0 aliphatic rings. The second-order valence-electron chi connectivity index (χ2n) is 5.59. The van der Waals surface area contributed by atoms with Crippen molar-refractivity contribution in [2.45, 2.75) is 26.7 Å². The number of para-hydroxylation sites is 1. The van der Waals surface area contributed by atoms with Crippen molar-refractivity contribution >= 4 is 44.9 Å². The normalized spacial score (nSPS) is 10.2. The average Bonchev–Trinajstić information content (AvgIpc) is 2.58. The lowest BCUT2D eigenvalue weighted by Crippen LogP contribution is -2.34. The van der Waals surface area contributed by atoms with Gasteiger partial charge in [-0.3, -0.25) is 10.1 Å². The molecule has 0 spiro atoms. The summed E-state index contributed by atoms with van der Waals surface area (Å²) < 4.78 is 6.58. The molecular formula is C19H21BrN2O2S. The standard InChI is InChI=1S/C19H21BrN2O2S/c1-3-4-11-24-17-8-6-5-7-14(17)18(23)22-19(25)21-16-10-9-13(2)12-15(16)20/h5-10,12H,3-4,11H2,1-2H3,(H2,21,22,23,25). The molecule has 0 saturated carbocycles. The number of carbonyl (C=O) groups excluding carboxylic acids is 1. The Labute approximate surface area is 162 Å². The smallest absolute Gasteiger partial charge is 0.261 e. The van der Waals surface area contributed by atoms with E-state index >= 15 is 0 Å². The molecule has 2 aromatic rings. The summed E-state index contributed by atoms with van der Waals surface area (Å²) in [7, 11) is 0. The highest BCUT2D eigenvalue weighted by atomic mass is 79.9. The number of unbranched alkanes of at least 4 members (excludes halogenated alkanes) is 1. The van der Waals surface area contributed by atoms with Gasteiger partial charge in [-0.15, -0.1) is 0 Å². The summed E-state index contributed by atoms with van der Waals surface area (Å²) in [5, 5.41) is 5.95. The molecule has 0 aliphatic carbocycles. The molecule has 6 heteroatoms. The lowest BCUT2D eigenvalue weighted by atomic mass is 10.2. The van der Waals surface area contributed by atoms with Crippen molar-refractivity contribution in [2.24, 2.45) is 0 Å². The van der Waals surface area contributed by atoms with Crippen molar-refractivity contribution in [2.75, 3.05) is 11.9 Å². The van der Waals surface area contributed by atoms with Crippen LogP contribution >= 0.6 is 28.1 Å². The van der Waals surface area contributed by atoms with E-state index in [2.05, 4.69) is 33.5 Å². The van der Waals surface area contributed by atoms with Crippen LogP contribution < -0.4 is 15.4 Å². The number of aryl methyl sites for hydroxylation is 1. The van der Waals surface area contributed by atoms with Gasteiger partial charge in [-0.1, -0.05) is 31.5 Å². The van der Waals surface area contributed by atoms with Crippen LogP contribution in [0.15, 0.2) is 46.9 Å². The molecular weight excluding hydrogens is 400 g/mol. The molecule has 132 valence electrons. The molecule has 25 heavy (non-hydrogen) atoms. The van der Waals surface area contributed by atoms with Crippen molar-refractivity contribution in [3.8, 4) is 5.75 Å². The zero-order chi connectivity index (χ0) is 18.2. The molecule has 0 unspecified atom stereocenters. The number of hydrogen-bond acceptors (Lipinski definition) is 3. The van der Waals surface area contributed by atoms with Gasteiger partial charge in [-0.2, -0.15) is 0 Å². The maximum absolute atomic E-state index is 12.5. The van der Waals surface area contributed by atoms with Crippen LogP contribution in [0.1, 0.15) is 35.7 Å². The molecule has 2 aromatic carbocycles. The van der Waals surface area contributed by atoms with Gasteiger partial charge in [0.2, 0.25) is 0 Å². The van der Waals surface area contributed by atoms with Crippen LogP contribution in [0.3, 0.4) is 0 Å². The van der Waals surface area contributed by atoms with E-state index in [4.69, 9.17) is 17.0 Å². The topological polar surface area (TPSA) is 50.4 Å². The van der Waals surface area contributed by atoms with Crippen LogP contribution in [0.5, 0.6) is 5.75 Å². The molecule has 0 fully saturated rings. The lowest BCUT2D eigenvalue weighted by Gasteiger charge is -2.14. The number of amides is 1. The van der Waals surface area contributed by atoms with Gasteiger partial charge in [0.1, 0.15) is 5.75 Å². The summed E-state index contributed by atoms with van der Waals surface area (Å²) in [4.78, 5) is 12.5. The predicted octanol–water partition coefficient (Wildman–Crippen LogP) is 5.06. The third-order valence-corrected chi connectivity index (χ3v) is 4.35. The Morgan fingerprint density at radius 2 is 2.00 bits per heavy atom. The number of benzene rings is 2. The van der Waals surface area contributed by atoms with Crippen LogP contribution in [-0.2, 0) is 0 Å². The second-order valence-corrected chi connectivity index (χ2v) is 6.85. The summed E-state index contributed by atoms with van der Waals surface area (Å²) >= 11 is 8.73. The first kappa shape index (κ1) is 19.4. The van der Waals surface area contributed by atoms with Gasteiger partial charge < -0.3 is 10.1 Å². The highest BCUT2D eigenvalue weighted by Crippen LogP contribution is 2.23. The number of anilines is 1. The Balaban J connectivity index is 2.02. The van der Waals surface area contributed by atoms with E-state index in [-0.39, 0.29) is 11.0 Å². The number of ether oxygens (including phenoxy) is 1. The van der Waals surface area contributed by atoms with E-state index in [1.807, 2.05) is 31.2 Å². The number of nitrogens with one attached hydrogen (secondary N) is 2. The van der Waals surface area contributed by atoms with Gasteiger partial charge in [-0.05, 0) is 71.3 Å². The lowest BCUT2D eigenvalue weighted by molar-refractivity contribution is 0.0973. The summed E-state index contributed by atoms with van der Waals surface area (Å²) in [6.45, 7) is 4.68. The van der Waals surface area contributed by atoms with Gasteiger partial charge in [0.25, 0.3) is 5.91 Å². The zero-order valence-corrected chi connectivity index (χ0v) is 16.7. The van der Waals surface area contributed by atoms with Crippen LogP contribution in [0.4, 0.5) is 5.69 Å². The Hall–Kier alpha value is -1.92. The first-order valence-corrected chi connectivity index (χ1v) is 9.31. The van der Waals surface area contributed by atoms with E-state index in [1.54, 1.807) is 18.2 Å². The summed E-state index contributed by atoms with van der Waals surface area (Å²) in [5.74, 6) is 0.264. The molecule has 0 heterocycles. The number of hydrogen-bond donors (Lipinski definition) is 2. The number of carbonyl (C=O) groups is 1. The number of rotatable bonds is 6. The van der Waals surface area contributed by atoms with Crippen molar-refractivity contribution in [3.63, 3.8) is 0 Å². The fourth-order valence-corrected chi connectivity index (χ4v) is 2.95. The van der Waals surface area contributed by atoms with Crippen molar-refractivity contribution in [1.29, 1.82) is 0 Å². The zero-order valence-electron chi connectivity index (χ0n) is 14.3. The van der Waals surface area contributed by atoms with Gasteiger partial charge in [0.05, 0.1) is 17.9 Å². The Bertz CT molecular complexity index is 765. The van der Waals surface area contributed by atoms with Gasteiger partial charge in [-0.25, -0.2) is 0 Å². The maximum Gasteiger partial charge on any atom is 0.261 e. The molecule has 2 rings (SSSR count). The van der Waals surface area contributed by atoms with Crippen LogP contribution in [0.2, 0.25) is 0 Å².